The molecule has 0 spiro atoms. The molecule has 0 atom stereocenters. The Kier molecular flexibility index (Phi) is 5.44. The molecule has 0 aliphatic carbocycles. The minimum absolute atomic E-state index is 1.22. The largest absolute Gasteiger partial charge is 0.355 e. The van der Waals surface area contributed by atoms with E-state index in [0.29, 0.717) is 0 Å². The monoisotopic (exact) mass is 281 g/mol. The van der Waals surface area contributed by atoms with Crippen molar-refractivity contribution in [3.8, 4) is 0 Å². The number of H-pyrrole nitrogens is 1. The minimum Gasteiger partial charge on any atom is -0.355 e. The molecule has 1 heterocycles. The molecule has 1 N–H and O–H groups in total. The normalized spacial score (nSPS) is 10.7. The van der Waals surface area contributed by atoms with E-state index in [1.807, 2.05) is 0 Å². The van der Waals surface area contributed by atoms with E-state index in [4.69, 9.17) is 0 Å². The van der Waals surface area contributed by atoms with Gasteiger partial charge in [-0.2, -0.15) is 0 Å². The summed E-state index contributed by atoms with van der Waals surface area (Å²) in [7, 11) is 0. The molecule has 0 saturated carbocycles. The highest BCUT2D eigenvalue weighted by molar-refractivity contribution is 6.07. The molecule has 1 aromatic heterocycles. The van der Waals surface area contributed by atoms with Crippen LogP contribution in [-0.2, 0) is 0 Å². The Balaban J connectivity index is 0.000000232. The Labute approximate surface area is 128 Å². The Morgan fingerprint density at radius 1 is 0.714 bits per heavy atom. The van der Waals surface area contributed by atoms with Gasteiger partial charge in [-0.15, -0.1) is 0 Å². The molecular weight excluding hydrogens is 254 g/mol. The van der Waals surface area contributed by atoms with Gasteiger partial charge >= 0.3 is 0 Å². The third-order valence-corrected chi connectivity index (χ3v) is 3.87. The molecule has 0 aliphatic heterocycles. The summed E-state index contributed by atoms with van der Waals surface area (Å²) in [5.74, 6) is 0. The van der Waals surface area contributed by atoms with Gasteiger partial charge in [-0.1, -0.05) is 62.8 Å². The van der Waals surface area contributed by atoms with Gasteiger partial charge in [-0.25, -0.2) is 0 Å². The van der Waals surface area contributed by atoms with Crippen molar-refractivity contribution in [1.29, 1.82) is 0 Å². The number of aromatic nitrogens is 1. The third kappa shape index (κ3) is 3.87. The van der Waals surface area contributed by atoms with E-state index in [-0.39, 0.29) is 0 Å². The van der Waals surface area contributed by atoms with Crippen LogP contribution in [-0.4, -0.2) is 4.98 Å². The summed E-state index contributed by atoms with van der Waals surface area (Å²) in [4.78, 5) is 3.43. The molecule has 0 saturated heterocycles. The summed E-state index contributed by atoms with van der Waals surface area (Å²) in [6.45, 7) is 8.73. The van der Waals surface area contributed by atoms with E-state index in [0.717, 1.165) is 0 Å². The number of rotatable bonds is 3. The summed E-state index contributed by atoms with van der Waals surface area (Å²) < 4.78 is 0. The van der Waals surface area contributed by atoms with E-state index in [1.54, 1.807) is 0 Å². The first-order valence-electron chi connectivity index (χ1n) is 8.14. The van der Waals surface area contributed by atoms with Gasteiger partial charge in [0.2, 0.25) is 0 Å². The number of aromatic amines is 1. The van der Waals surface area contributed by atoms with E-state index in [2.05, 4.69) is 69.1 Å². The van der Waals surface area contributed by atoms with E-state index >= 15 is 0 Å². The number of aryl methyl sites for hydroxylation is 2. The maximum absolute atomic E-state index is 3.43. The SMILES string of the molecule is CCCCCC.Cc1ccc2[nH]c3ccc(C)cc3c2c1. The zero-order chi connectivity index (χ0) is 15.2. The average Bonchev–Trinajstić information content (AvgIpc) is 2.83. The zero-order valence-corrected chi connectivity index (χ0v) is 13.8. The molecule has 2 aromatic carbocycles. The Hall–Kier alpha value is -1.76. The molecule has 112 valence electrons. The molecule has 21 heavy (non-hydrogen) atoms. The molecule has 0 amide bonds. The standard InChI is InChI=1S/C14H13N.C6H14/c1-9-3-5-13-11(7-9)12-8-10(2)4-6-14(12)15-13;1-3-5-6-4-2/h3-8,15H,1-2H3;3-6H2,1-2H3. The van der Waals surface area contributed by atoms with Crippen LogP contribution in [0.4, 0.5) is 0 Å². The molecular formula is C20H27N. The van der Waals surface area contributed by atoms with Gasteiger partial charge in [-0.05, 0) is 38.1 Å². The first-order valence-corrected chi connectivity index (χ1v) is 8.14. The molecule has 0 aliphatic rings. The van der Waals surface area contributed by atoms with Crippen molar-refractivity contribution in [1.82, 2.24) is 4.98 Å². The number of benzene rings is 2. The summed E-state index contributed by atoms with van der Waals surface area (Å²) in [6.07, 6.45) is 5.54. The summed E-state index contributed by atoms with van der Waals surface area (Å²) in [5.41, 5.74) is 5.07. The fraction of sp³-hybridized carbons (Fsp3) is 0.400. The lowest BCUT2D eigenvalue weighted by Gasteiger charge is -1.94. The van der Waals surface area contributed by atoms with Crippen molar-refractivity contribution in [2.45, 2.75) is 53.4 Å². The van der Waals surface area contributed by atoms with Crippen LogP contribution in [0.5, 0.6) is 0 Å². The van der Waals surface area contributed by atoms with Crippen LogP contribution in [0.1, 0.15) is 50.7 Å². The van der Waals surface area contributed by atoms with Gasteiger partial charge in [-0.3, -0.25) is 0 Å². The molecule has 0 unspecified atom stereocenters. The second kappa shape index (κ2) is 7.31. The van der Waals surface area contributed by atoms with E-state index in [1.165, 1.54) is 58.6 Å². The lowest BCUT2D eigenvalue weighted by molar-refractivity contribution is 0.702. The molecule has 3 aromatic rings. The van der Waals surface area contributed by atoms with Crippen molar-refractivity contribution in [2.75, 3.05) is 0 Å². The van der Waals surface area contributed by atoms with Crippen LogP contribution in [0, 0.1) is 13.8 Å². The van der Waals surface area contributed by atoms with Crippen molar-refractivity contribution in [3.63, 3.8) is 0 Å². The topological polar surface area (TPSA) is 15.8 Å². The first kappa shape index (κ1) is 15.6. The maximum Gasteiger partial charge on any atom is 0.0465 e. The highest BCUT2D eigenvalue weighted by atomic mass is 14.7. The lowest BCUT2D eigenvalue weighted by atomic mass is 10.1. The average molecular weight is 281 g/mol. The van der Waals surface area contributed by atoms with Crippen LogP contribution >= 0.6 is 0 Å². The Bertz CT molecular complexity index is 646. The number of unbranched alkanes of at least 4 members (excludes halogenated alkanes) is 3. The van der Waals surface area contributed by atoms with Crippen LogP contribution in [0.25, 0.3) is 21.8 Å². The number of hydrogen-bond acceptors (Lipinski definition) is 0. The second-order valence-electron chi connectivity index (χ2n) is 5.93. The van der Waals surface area contributed by atoms with Crippen molar-refractivity contribution < 1.29 is 0 Å². The number of nitrogens with one attached hydrogen (secondary N) is 1. The fourth-order valence-electron chi connectivity index (χ4n) is 2.62. The van der Waals surface area contributed by atoms with Crippen molar-refractivity contribution in [2.24, 2.45) is 0 Å². The Morgan fingerprint density at radius 3 is 1.52 bits per heavy atom. The van der Waals surface area contributed by atoms with E-state index in [9.17, 15) is 0 Å². The first-order chi connectivity index (χ1) is 10.2. The molecule has 3 rings (SSSR count). The quantitative estimate of drug-likeness (QED) is 0.526. The molecule has 0 fully saturated rings. The van der Waals surface area contributed by atoms with Crippen molar-refractivity contribution in [3.05, 3.63) is 47.5 Å². The van der Waals surface area contributed by atoms with Gasteiger partial charge in [0.15, 0.2) is 0 Å². The van der Waals surface area contributed by atoms with Gasteiger partial charge in [0, 0.05) is 21.8 Å². The van der Waals surface area contributed by atoms with Gasteiger partial charge in [0.25, 0.3) is 0 Å². The predicted molar refractivity (Wildman–Crippen MR) is 95.1 cm³/mol. The van der Waals surface area contributed by atoms with Crippen LogP contribution < -0.4 is 0 Å². The zero-order valence-electron chi connectivity index (χ0n) is 13.8. The maximum atomic E-state index is 3.43. The number of fused-ring (bicyclic) bond motifs is 3. The van der Waals surface area contributed by atoms with Crippen molar-refractivity contribution >= 4 is 21.8 Å². The molecule has 0 radical (unpaired) electrons. The Morgan fingerprint density at radius 2 is 1.14 bits per heavy atom. The second-order valence-corrected chi connectivity index (χ2v) is 5.93. The van der Waals surface area contributed by atoms with Crippen LogP contribution in [0.2, 0.25) is 0 Å². The summed E-state index contributed by atoms with van der Waals surface area (Å²) in [6, 6.07) is 13.1. The molecule has 0 bridgehead atoms. The van der Waals surface area contributed by atoms with Crippen LogP contribution in [0.3, 0.4) is 0 Å². The summed E-state index contributed by atoms with van der Waals surface area (Å²) >= 11 is 0. The number of hydrogen-bond donors (Lipinski definition) is 1. The smallest absolute Gasteiger partial charge is 0.0465 e. The predicted octanol–water partition coefficient (Wildman–Crippen LogP) is 6.52. The van der Waals surface area contributed by atoms with Crippen LogP contribution in [0.15, 0.2) is 36.4 Å². The van der Waals surface area contributed by atoms with Gasteiger partial charge in [0.1, 0.15) is 0 Å². The lowest BCUT2D eigenvalue weighted by Crippen LogP contribution is -1.72. The van der Waals surface area contributed by atoms with E-state index < -0.39 is 0 Å². The van der Waals surface area contributed by atoms with Gasteiger partial charge < -0.3 is 4.98 Å². The minimum atomic E-state index is 1.22. The molecule has 1 heteroatoms. The fourth-order valence-corrected chi connectivity index (χ4v) is 2.62. The highest BCUT2D eigenvalue weighted by Crippen LogP contribution is 2.26. The molecule has 1 nitrogen and oxygen atoms in total. The third-order valence-electron chi connectivity index (χ3n) is 3.87. The highest BCUT2D eigenvalue weighted by Gasteiger charge is 2.03. The van der Waals surface area contributed by atoms with Gasteiger partial charge in [0.05, 0.1) is 0 Å². The summed E-state index contributed by atoms with van der Waals surface area (Å²) in [5, 5.41) is 2.66.